The average molecular weight is 248 g/mol. The van der Waals surface area contributed by atoms with E-state index in [1.165, 1.54) is 12.8 Å². The van der Waals surface area contributed by atoms with Gasteiger partial charge in [-0.1, -0.05) is 12.1 Å². The fourth-order valence-electron chi connectivity index (χ4n) is 1.86. The molecular formula is C14H20N2O2. The first-order chi connectivity index (χ1) is 8.70. The van der Waals surface area contributed by atoms with Crippen LogP contribution in [-0.2, 0) is 4.79 Å². The van der Waals surface area contributed by atoms with Gasteiger partial charge in [0, 0.05) is 13.1 Å². The van der Waals surface area contributed by atoms with Crippen molar-refractivity contribution in [2.24, 2.45) is 5.92 Å². The molecule has 1 fully saturated rings. The topological polar surface area (TPSA) is 55.6 Å². The van der Waals surface area contributed by atoms with E-state index in [2.05, 4.69) is 0 Å². The molecule has 0 heterocycles. The Kier molecular flexibility index (Phi) is 4.07. The minimum Gasteiger partial charge on any atom is -0.482 e. The van der Waals surface area contributed by atoms with E-state index >= 15 is 0 Å². The summed E-state index contributed by atoms with van der Waals surface area (Å²) in [5.74, 6) is 1.32. The van der Waals surface area contributed by atoms with Gasteiger partial charge in [0.05, 0.1) is 5.69 Å². The first-order valence-electron chi connectivity index (χ1n) is 6.45. The summed E-state index contributed by atoms with van der Waals surface area (Å²) in [5, 5.41) is 0. The summed E-state index contributed by atoms with van der Waals surface area (Å²) in [5.41, 5.74) is 6.32. The highest BCUT2D eigenvalue weighted by Crippen LogP contribution is 2.29. The standard InChI is InChI=1S/C14H20N2O2/c1-2-16(9-11-7-8-11)14(17)10-18-13-6-4-3-5-12(13)15/h3-6,11H,2,7-10,15H2,1H3. The lowest BCUT2D eigenvalue weighted by Gasteiger charge is -2.21. The number of anilines is 1. The maximum atomic E-state index is 12.0. The van der Waals surface area contributed by atoms with Crippen molar-refractivity contribution >= 4 is 11.6 Å². The monoisotopic (exact) mass is 248 g/mol. The lowest BCUT2D eigenvalue weighted by Crippen LogP contribution is -2.36. The second-order valence-electron chi connectivity index (χ2n) is 4.70. The van der Waals surface area contributed by atoms with E-state index in [0.29, 0.717) is 17.4 Å². The van der Waals surface area contributed by atoms with Crippen LogP contribution in [0.1, 0.15) is 19.8 Å². The second kappa shape index (κ2) is 5.76. The zero-order valence-corrected chi connectivity index (χ0v) is 10.8. The highest BCUT2D eigenvalue weighted by atomic mass is 16.5. The van der Waals surface area contributed by atoms with Crippen molar-refractivity contribution in [3.63, 3.8) is 0 Å². The molecule has 0 bridgehead atoms. The third kappa shape index (κ3) is 3.39. The summed E-state index contributed by atoms with van der Waals surface area (Å²) in [4.78, 5) is 13.8. The van der Waals surface area contributed by atoms with Gasteiger partial charge in [-0.2, -0.15) is 0 Å². The van der Waals surface area contributed by atoms with Crippen molar-refractivity contribution < 1.29 is 9.53 Å². The molecule has 0 aliphatic heterocycles. The number of rotatable bonds is 6. The van der Waals surface area contributed by atoms with E-state index in [-0.39, 0.29) is 12.5 Å². The number of benzene rings is 1. The predicted octanol–water partition coefficient (Wildman–Crippen LogP) is 1.91. The highest BCUT2D eigenvalue weighted by molar-refractivity contribution is 5.78. The van der Waals surface area contributed by atoms with Gasteiger partial charge in [0.15, 0.2) is 6.61 Å². The molecule has 4 nitrogen and oxygen atoms in total. The number of nitrogens with two attached hydrogens (primary N) is 1. The molecule has 1 aromatic rings. The number of amides is 1. The molecule has 1 amide bonds. The molecule has 0 spiro atoms. The van der Waals surface area contributed by atoms with Crippen molar-refractivity contribution in [2.45, 2.75) is 19.8 Å². The predicted molar refractivity (Wildman–Crippen MR) is 71.3 cm³/mol. The Labute approximate surface area is 108 Å². The number of hydrogen-bond acceptors (Lipinski definition) is 3. The number of ether oxygens (including phenoxy) is 1. The molecule has 0 radical (unpaired) electrons. The largest absolute Gasteiger partial charge is 0.482 e. The summed E-state index contributed by atoms with van der Waals surface area (Å²) in [6, 6.07) is 7.23. The van der Waals surface area contributed by atoms with E-state index in [4.69, 9.17) is 10.5 Å². The molecule has 1 aliphatic rings. The van der Waals surface area contributed by atoms with Crippen LogP contribution in [0.4, 0.5) is 5.69 Å². The van der Waals surface area contributed by atoms with Crippen LogP contribution < -0.4 is 10.5 Å². The van der Waals surface area contributed by atoms with Gasteiger partial charge in [-0.25, -0.2) is 0 Å². The van der Waals surface area contributed by atoms with E-state index in [1.807, 2.05) is 24.0 Å². The lowest BCUT2D eigenvalue weighted by atomic mass is 10.3. The molecule has 4 heteroatoms. The third-order valence-electron chi connectivity index (χ3n) is 3.18. The lowest BCUT2D eigenvalue weighted by molar-refractivity contribution is -0.133. The smallest absolute Gasteiger partial charge is 0.260 e. The zero-order chi connectivity index (χ0) is 13.0. The summed E-state index contributed by atoms with van der Waals surface area (Å²) in [7, 11) is 0. The van der Waals surface area contributed by atoms with E-state index in [1.54, 1.807) is 12.1 Å². The number of likely N-dealkylation sites (N-methyl/N-ethyl adjacent to an activating group) is 1. The summed E-state index contributed by atoms with van der Waals surface area (Å²) in [6.07, 6.45) is 2.49. The van der Waals surface area contributed by atoms with Gasteiger partial charge < -0.3 is 15.4 Å². The van der Waals surface area contributed by atoms with Gasteiger partial charge in [0.2, 0.25) is 0 Å². The van der Waals surface area contributed by atoms with E-state index in [9.17, 15) is 4.79 Å². The molecule has 1 aliphatic carbocycles. The first kappa shape index (κ1) is 12.7. The van der Waals surface area contributed by atoms with Crippen molar-refractivity contribution in [3.05, 3.63) is 24.3 Å². The minimum absolute atomic E-state index is 0.0349. The Morgan fingerprint density at radius 1 is 1.44 bits per heavy atom. The molecule has 1 saturated carbocycles. The Balaban J connectivity index is 1.84. The van der Waals surface area contributed by atoms with Gasteiger partial charge in [-0.05, 0) is 37.8 Å². The van der Waals surface area contributed by atoms with Gasteiger partial charge in [0.1, 0.15) is 5.75 Å². The van der Waals surface area contributed by atoms with Gasteiger partial charge in [0.25, 0.3) is 5.91 Å². The van der Waals surface area contributed by atoms with Gasteiger partial charge in [-0.3, -0.25) is 4.79 Å². The molecule has 0 saturated heterocycles. The Morgan fingerprint density at radius 3 is 2.78 bits per heavy atom. The number of nitrogen functional groups attached to an aromatic ring is 1. The maximum Gasteiger partial charge on any atom is 0.260 e. The molecule has 18 heavy (non-hydrogen) atoms. The molecule has 0 unspecified atom stereocenters. The molecule has 0 aromatic heterocycles. The molecule has 2 N–H and O–H groups in total. The van der Waals surface area contributed by atoms with Crippen LogP contribution in [0.15, 0.2) is 24.3 Å². The number of carbonyl (C=O) groups excluding carboxylic acids is 1. The Hall–Kier alpha value is -1.71. The van der Waals surface area contributed by atoms with E-state index in [0.717, 1.165) is 13.1 Å². The van der Waals surface area contributed by atoms with Crippen molar-refractivity contribution in [1.29, 1.82) is 0 Å². The van der Waals surface area contributed by atoms with Crippen LogP contribution in [0.5, 0.6) is 5.75 Å². The van der Waals surface area contributed by atoms with E-state index < -0.39 is 0 Å². The van der Waals surface area contributed by atoms with Crippen LogP contribution in [0, 0.1) is 5.92 Å². The fraction of sp³-hybridized carbons (Fsp3) is 0.500. The number of hydrogen-bond donors (Lipinski definition) is 1. The second-order valence-corrected chi connectivity index (χ2v) is 4.70. The number of carbonyl (C=O) groups is 1. The molecule has 1 aromatic carbocycles. The minimum atomic E-state index is 0.0349. The number of nitrogens with zero attached hydrogens (tertiary/aromatic N) is 1. The first-order valence-corrected chi connectivity index (χ1v) is 6.45. The van der Waals surface area contributed by atoms with Crippen LogP contribution in [-0.4, -0.2) is 30.5 Å². The summed E-state index contributed by atoms with van der Waals surface area (Å²) in [6.45, 7) is 3.66. The van der Waals surface area contributed by atoms with Gasteiger partial charge in [-0.15, -0.1) is 0 Å². The Bertz CT molecular complexity index is 416. The average Bonchev–Trinajstić information content (AvgIpc) is 3.18. The quantitative estimate of drug-likeness (QED) is 0.782. The summed E-state index contributed by atoms with van der Waals surface area (Å²) >= 11 is 0. The SMILES string of the molecule is CCN(CC1CC1)C(=O)COc1ccccc1N. The molecule has 98 valence electrons. The Morgan fingerprint density at radius 2 is 2.17 bits per heavy atom. The van der Waals surface area contributed by atoms with Crippen LogP contribution in [0.2, 0.25) is 0 Å². The third-order valence-corrected chi connectivity index (χ3v) is 3.18. The molecular weight excluding hydrogens is 228 g/mol. The number of para-hydroxylation sites is 2. The van der Waals surface area contributed by atoms with Crippen molar-refractivity contribution in [3.8, 4) is 5.75 Å². The molecule has 0 atom stereocenters. The normalized spacial score (nSPS) is 14.3. The molecule has 2 rings (SSSR count). The van der Waals surface area contributed by atoms with Crippen LogP contribution >= 0.6 is 0 Å². The van der Waals surface area contributed by atoms with Crippen molar-refractivity contribution in [1.82, 2.24) is 4.90 Å². The van der Waals surface area contributed by atoms with Gasteiger partial charge >= 0.3 is 0 Å². The highest BCUT2D eigenvalue weighted by Gasteiger charge is 2.26. The van der Waals surface area contributed by atoms with Crippen LogP contribution in [0.3, 0.4) is 0 Å². The zero-order valence-electron chi connectivity index (χ0n) is 10.8. The summed E-state index contributed by atoms with van der Waals surface area (Å²) < 4.78 is 5.47. The van der Waals surface area contributed by atoms with Crippen molar-refractivity contribution in [2.75, 3.05) is 25.4 Å². The maximum absolute atomic E-state index is 12.0. The van der Waals surface area contributed by atoms with Crippen LogP contribution in [0.25, 0.3) is 0 Å². The fourth-order valence-corrected chi connectivity index (χ4v) is 1.86.